The number of nitrogens with zero attached hydrogens (tertiary/aromatic N) is 2. The Balaban J connectivity index is 1.64. The van der Waals surface area contributed by atoms with Gasteiger partial charge in [0, 0.05) is 5.69 Å². The lowest BCUT2D eigenvalue weighted by Crippen LogP contribution is -2.39. The molecule has 40 heavy (non-hydrogen) atoms. The zero-order valence-electron chi connectivity index (χ0n) is 22.8. The number of aromatic nitrogens is 1. The summed E-state index contributed by atoms with van der Waals surface area (Å²) in [6.07, 6.45) is 1.99. The highest BCUT2D eigenvalue weighted by Crippen LogP contribution is 2.36. The van der Waals surface area contributed by atoms with Gasteiger partial charge < -0.3 is 19.2 Å². The number of anilines is 2. The van der Waals surface area contributed by atoms with E-state index in [1.54, 1.807) is 20.8 Å². The van der Waals surface area contributed by atoms with Crippen molar-refractivity contribution >= 4 is 62.6 Å². The fraction of sp³-hybridized carbons (Fsp3) is 0.407. The van der Waals surface area contributed by atoms with Gasteiger partial charge in [0.1, 0.15) is 24.5 Å². The molecule has 218 valence electrons. The molecule has 9 nitrogen and oxygen atoms in total. The molecular weight excluding hydrogens is 601 g/mol. The first-order valence-electron chi connectivity index (χ1n) is 12.4. The van der Waals surface area contributed by atoms with Crippen LogP contribution in [0.15, 0.2) is 47.0 Å². The van der Waals surface area contributed by atoms with Crippen molar-refractivity contribution in [3.8, 4) is 5.75 Å². The Morgan fingerprint density at radius 3 is 2.33 bits per heavy atom. The number of rotatable bonds is 11. The van der Waals surface area contributed by atoms with Crippen LogP contribution in [-0.2, 0) is 27.7 Å². The van der Waals surface area contributed by atoms with Gasteiger partial charge in [0.05, 0.1) is 28.4 Å². The lowest BCUT2D eigenvalue weighted by molar-refractivity contribution is 0.0375. The number of hydrogen-bond acceptors (Lipinski definition) is 8. The Kier molecular flexibility index (Phi) is 10.6. The highest BCUT2D eigenvalue weighted by Gasteiger charge is 2.30. The van der Waals surface area contributed by atoms with E-state index in [1.165, 1.54) is 6.20 Å². The second-order valence-corrected chi connectivity index (χ2v) is 13.3. The van der Waals surface area contributed by atoms with E-state index in [0.717, 1.165) is 17.4 Å². The van der Waals surface area contributed by atoms with Crippen LogP contribution in [0.5, 0.6) is 5.75 Å². The molecule has 0 fully saturated rings. The number of sulfonamides is 1. The number of benzene rings is 2. The van der Waals surface area contributed by atoms with Crippen LogP contribution in [0.3, 0.4) is 0 Å². The summed E-state index contributed by atoms with van der Waals surface area (Å²) < 4.78 is 41.3. The van der Waals surface area contributed by atoms with Crippen LogP contribution in [-0.4, -0.2) is 48.1 Å². The second kappa shape index (κ2) is 13.3. The van der Waals surface area contributed by atoms with Crippen LogP contribution >= 0.6 is 34.8 Å². The molecule has 0 saturated carbocycles. The Morgan fingerprint density at radius 2 is 1.77 bits per heavy atom. The van der Waals surface area contributed by atoms with Crippen LogP contribution < -0.4 is 10.1 Å². The number of halogens is 3. The molecule has 2 aromatic carbocycles. The van der Waals surface area contributed by atoms with E-state index in [-0.39, 0.29) is 24.2 Å². The van der Waals surface area contributed by atoms with Crippen LogP contribution in [0.1, 0.15) is 50.5 Å². The van der Waals surface area contributed by atoms with Gasteiger partial charge in [-0.25, -0.2) is 18.2 Å². The monoisotopic (exact) mass is 631 g/mol. The number of alkyl halides is 1. The van der Waals surface area contributed by atoms with Crippen LogP contribution in [0, 0.1) is 0 Å². The molecule has 0 saturated heterocycles. The molecule has 1 atom stereocenters. The maximum Gasteiger partial charge on any atom is 0.424 e. The van der Waals surface area contributed by atoms with Gasteiger partial charge in [0.25, 0.3) is 6.01 Å². The Morgan fingerprint density at radius 1 is 1.15 bits per heavy atom. The van der Waals surface area contributed by atoms with Gasteiger partial charge in [-0.3, -0.25) is 0 Å². The molecule has 0 aliphatic carbocycles. The van der Waals surface area contributed by atoms with Crippen molar-refractivity contribution in [3.05, 3.63) is 69.5 Å². The van der Waals surface area contributed by atoms with Gasteiger partial charge in [-0.2, -0.15) is 4.31 Å². The molecule has 0 aliphatic heterocycles. The van der Waals surface area contributed by atoms with Crippen molar-refractivity contribution < 1.29 is 27.1 Å². The van der Waals surface area contributed by atoms with Gasteiger partial charge in [-0.05, 0) is 68.5 Å². The van der Waals surface area contributed by atoms with Gasteiger partial charge >= 0.3 is 6.09 Å². The third-order valence-electron chi connectivity index (χ3n) is 5.50. The molecule has 13 heteroatoms. The highest BCUT2D eigenvalue weighted by molar-refractivity contribution is 7.88. The number of hydrogen-bond donors (Lipinski definition) is 1. The van der Waals surface area contributed by atoms with Gasteiger partial charge in [0.2, 0.25) is 10.0 Å². The minimum atomic E-state index is -3.91. The standard InChI is InChI=1S/C27H32Cl3N3O6S/c1-17(12-18-13-22(29)24(23(30)14-18)37-11-10-28)19-6-8-20(9-7-19)32-25-31-15-21(38-25)16-33(40(5,35)36)26(34)39-27(2,3)4/h6-9,13-15,17H,10-12,16H2,1-5H3,(H,31,32). The third-order valence-corrected chi connectivity index (χ3v) is 7.30. The minimum absolute atomic E-state index is 0.147. The van der Waals surface area contributed by atoms with E-state index in [2.05, 4.69) is 17.2 Å². The maximum absolute atomic E-state index is 12.4. The molecule has 1 heterocycles. The average molecular weight is 633 g/mol. The van der Waals surface area contributed by atoms with Crippen LogP contribution in [0.25, 0.3) is 0 Å². The minimum Gasteiger partial charge on any atom is -0.489 e. The molecule has 1 amide bonds. The lowest BCUT2D eigenvalue weighted by Gasteiger charge is -2.25. The predicted octanol–water partition coefficient (Wildman–Crippen LogP) is 7.39. The first-order chi connectivity index (χ1) is 18.7. The van der Waals surface area contributed by atoms with Crippen LogP contribution in [0.4, 0.5) is 16.5 Å². The SMILES string of the molecule is CC(Cc1cc(Cl)c(OCCCl)c(Cl)c1)c1ccc(Nc2ncc(CN(C(=O)OC(C)(C)C)S(C)(=O)=O)o2)cc1. The van der Waals surface area contributed by atoms with Crippen molar-refractivity contribution in [2.24, 2.45) is 0 Å². The summed E-state index contributed by atoms with van der Waals surface area (Å²) >= 11 is 18.4. The highest BCUT2D eigenvalue weighted by atomic mass is 35.5. The van der Waals surface area contributed by atoms with Crippen molar-refractivity contribution in [1.29, 1.82) is 0 Å². The summed E-state index contributed by atoms with van der Waals surface area (Å²) in [5, 5.41) is 3.92. The number of nitrogens with one attached hydrogen (secondary N) is 1. The lowest BCUT2D eigenvalue weighted by atomic mass is 9.93. The number of carbonyl (C=O) groups excluding carboxylic acids is 1. The van der Waals surface area contributed by atoms with Gasteiger partial charge in [0.15, 0.2) is 5.75 Å². The van der Waals surface area contributed by atoms with Gasteiger partial charge in [-0.15, -0.1) is 11.6 Å². The van der Waals surface area contributed by atoms with Gasteiger partial charge in [-0.1, -0.05) is 42.3 Å². The topological polar surface area (TPSA) is 111 Å². The zero-order valence-corrected chi connectivity index (χ0v) is 25.9. The molecule has 1 aromatic heterocycles. The van der Waals surface area contributed by atoms with E-state index >= 15 is 0 Å². The predicted molar refractivity (Wildman–Crippen MR) is 158 cm³/mol. The quantitative estimate of drug-likeness (QED) is 0.218. The molecular formula is C27H32Cl3N3O6S. The molecule has 0 bridgehead atoms. The average Bonchev–Trinajstić information content (AvgIpc) is 3.27. The summed E-state index contributed by atoms with van der Waals surface area (Å²) in [6, 6.07) is 11.5. The van der Waals surface area contributed by atoms with Crippen LogP contribution in [0.2, 0.25) is 10.0 Å². The normalized spacial score (nSPS) is 12.6. The third kappa shape index (κ3) is 9.19. The Bertz CT molecular complexity index is 1400. The number of carbonyl (C=O) groups is 1. The largest absolute Gasteiger partial charge is 0.489 e. The summed E-state index contributed by atoms with van der Waals surface area (Å²) in [7, 11) is -3.91. The summed E-state index contributed by atoms with van der Waals surface area (Å²) in [6.45, 7) is 7.01. The van der Waals surface area contributed by atoms with Crippen molar-refractivity contribution in [2.75, 3.05) is 24.1 Å². The molecule has 3 aromatic rings. The van der Waals surface area contributed by atoms with Crippen molar-refractivity contribution in [2.45, 2.75) is 52.2 Å². The first kappa shape index (κ1) is 31.9. The number of ether oxygens (including phenoxy) is 2. The fourth-order valence-corrected chi connectivity index (χ4v) is 5.10. The molecule has 0 spiro atoms. The smallest absolute Gasteiger partial charge is 0.424 e. The summed E-state index contributed by atoms with van der Waals surface area (Å²) in [4.78, 5) is 16.6. The van der Waals surface area contributed by atoms with E-state index < -0.39 is 21.7 Å². The first-order valence-corrected chi connectivity index (χ1v) is 15.5. The second-order valence-electron chi connectivity index (χ2n) is 10.2. The number of oxazole rings is 1. The summed E-state index contributed by atoms with van der Waals surface area (Å²) in [5.74, 6) is 1.10. The van der Waals surface area contributed by atoms with E-state index in [4.69, 9.17) is 48.7 Å². The molecule has 0 radical (unpaired) electrons. The maximum atomic E-state index is 12.4. The molecule has 1 N–H and O–H groups in total. The number of amides is 1. The van der Waals surface area contributed by atoms with E-state index in [1.807, 2.05) is 36.4 Å². The molecule has 1 unspecified atom stereocenters. The fourth-order valence-electron chi connectivity index (χ4n) is 3.71. The molecule has 0 aliphatic rings. The zero-order chi connectivity index (χ0) is 29.7. The van der Waals surface area contributed by atoms with E-state index in [9.17, 15) is 13.2 Å². The Hall–Kier alpha value is -2.66. The summed E-state index contributed by atoms with van der Waals surface area (Å²) in [5.41, 5.74) is 1.92. The Labute approximate surface area is 249 Å². The van der Waals surface area contributed by atoms with E-state index in [0.29, 0.717) is 44.7 Å². The van der Waals surface area contributed by atoms with Crippen molar-refractivity contribution in [3.63, 3.8) is 0 Å². The van der Waals surface area contributed by atoms with Crippen molar-refractivity contribution in [1.82, 2.24) is 9.29 Å². The molecule has 3 rings (SSSR count).